The summed E-state index contributed by atoms with van der Waals surface area (Å²) in [6.07, 6.45) is 2.06. The van der Waals surface area contributed by atoms with Gasteiger partial charge in [0.25, 0.3) is 5.69 Å². The van der Waals surface area contributed by atoms with Crippen LogP contribution in [-0.4, -0.2) is 52.9 Å². The van der Waals surface area contributed by atoms with E-state index in [1.54, 1.807) is 39.8 Å². The number of amides is 1. The Hall–Kier alpha value is -3.73. The number of fused-ring (bicyclic) bond motifs is 1. The number of benzene rings is 2. The summed E-state index contributed by atoms with van der Waals surface area (Å²) in [6.45, 7) is 2.20. The van der Waals surface area contributed by atoms with Crippen molar-refractivity contribution in [2.75, 3.05) is 0 Å². The molecule has 2 aliphatic rings. The molecule has 0 saturated carbocycles. The van der Waals surface area contributed by atoms with E-state index in [-0.39, 0.29) is 23.6 Å². The van der Waals surface area contributed by atoms with Crippen molar-refractivity contribution in [2.45, 2.75) is 42.7 Å². The number of thioether (sulfide) groups is 1. The van der Waals surface area contributed by atoms with Crippen LogP contribution in [0.4, 0.5) is 5.69 Å². The molecule has 1 amide bonds. The first-order chi connectivity index (χ1) is 16.3. The highest BCUT2D eigenvalue weighted by Gasteiger charge is 2.61. The van der Waals surface area contributed by atoms with Gasteiger partial charge in [0, 0.05) is 17.7 Å². The number of aromatic nitrogens is 3. The van der Waals surface area contributed by atoms with E-state index in [2.05, 4.69) is 10.2 Å². The molecule has 174 valence electrons. The van der Waals surface area contributed by atoms with Crippen LogP contribution in [0.15, 0.2) is 60.8 Å². The van der Waals surface area contributed by atoms with Crippen molar-refractivity contribution >= 4 is 29.3 Å². The zero-order chi connectivity index (χ0) is 23.9. The molecule has 3 aromatic rings. The molecular formula is C23H21N5O5S. The summed E-state index contributed by atoms with van der Waals surface area (Å²) in [5, 5.41) is 19.7. The summed E-state index contributed by atoms with van der Waals surface area (Å²) in [5.74, 6) is -0.601. The van der Waals surface area contributed by atoms with Gasteiger partial charge in [-0.3, -0.25) is 14.9 Å². The number of nitro groups is 1. The first kappa shape index (κ1) is 22.1. The molecule has 2 saturated heterocycles. The quantitative estimate of drug-likeness (QED) is 0.219. The average molecular weight is 480 g/mol. The van der Waals surface area contributed by atoms with E-state index >= 15 is 0 Å². The fraction of sp³-hybridized carbons (Fsp3) is 0.304. The summed E-state index contributed by atoms with van der Waals surface area (Å²) < 4.78 is 4.87. The molecule has 3 heterocycles. The van der Waals surface area contributed by atoms with Crippen molar-refractivity contribution in [2.24, 2.45) is 0 Å². The zero-order valence-corrected chi connectivity index (χ0v) is 19.1. The predicted molar refractivity (Wildman–Crippen MR) is 123 cm³/mol. The third-order valence-corrected chi connectivity index (χ3v) is 7.58. The maximum Gasteiger partial charge on any atom is 0.330 e. The van der Waals surface area contributed by atoms with Gasteiger partial charge in [-0.15, -0.1) is 11.8 Å². The largest absolute Gasteiger partial charge is 0.459 e. The Kier molecular flexibility index (Phi) is 5.56. The molecule has 0 radical (unpaired) electrons. The van der Waals surface area contributed by atoms with E-state index in [9.17, 15) is 19.7 Å². The minimum atomic E-state index is -0.784. The Labute approximate surface area is 199 Å². The first-order valence-corrected chi connectivity index (χ1v) is 11.6. The number of rotatable bonds is 7. The average Bonchev–Trinajstić information content (AvgIpc) is 3.38. The van der Waals surface area contributed by atoms with Crippen LogP contribution in [0.1, 0.15) is 18.9 Å². The molecule has 0 bridgehead atoms. The standard InChI is InChI=1S/C23H21N5O5S/c1-23(14-26-24-12-18(25-26)16-5-3-2-4-6-16)21(27-19(29)11-20(27)34-23)22(30)33-13-15-7-9-17(10-8-15)28(31)32/h2-10,12,20-21H,11,13-14H2,1H3. The summed E-state index contributed by atoms with van der Waals surface area (Å²) >= 11 is 1.56. The van der Waals surface area contributed by atoms with Crippen molar-refractivity contribution in [1.29, 1.82) is 0 Å². The molecule has 11 heteroatoms. The van der Waals surface area contributed by atoms with Gasteiger partial charge < -0.3 is 9.64 Å². The molecule has 2 fully saturated rings. The number of ether oxygens (including phenoxy) is 1. The van der Waals surface area contributed by atoms with Crippen molar-refractivity contribution < 1.29 is 19.2 Å². The van der Waals surface area contributed by atoms with Crippen LogP contribution in [0, 0.1) is 10.1 Å². The fourth-order valence-corrected chi connectivity index (χ4v) is 6.04. The molecule has 2 aliphatic heterocycles. The number of esters is 1. The smallest absolute Gasteiger partial charge is 0.330 e. The van der Waals surface area contributed by atoms with Gasteiger partial charge in [0.05, 0.1) is 34.2 Å². The van der Waals surface area contributed by atoms with Crippen molar-refractivity contribution in [1.82, 2.24) is 19.9 Å². The minimum Gasteiger partial charge on any atom is -0.459 e. The Bertz CT molecular complexity index is 1250. The molecule has 1 aromatic heterocycles. The van der Waals surface area contributed by atoms with Gasteiger partial charge >= 0.3 is 5.97 Å². The monoisotopic (exact) mass is 479 g/mol. The predicted octanol–water partition coefficient (Wildman–Crippen LogP) is 3.03. The van der Waals surface area contributed by atoms with Crippen LogP contribution in [0.2, 0.25) is 0 Å². The first-order valence-electron chi connectivity index (χ1n) is 10.7. The second kappa shape index (κ2) is 8.56. The maximum absolute atomic E-state index is 13.2. The van der Waals surface area contributed by atoms with Crippen molar-refractivity contribution in [3.05, 3.63) is 76.5 Å². The molecule has 3 atom stereocenters. The lowest BCUT2D eigenvalue weighted by Gasteiger charge is -2.37. The Morgan fingerprint density at radius 3 is 2.65 bits per heavy atom. The minimum absolute atomic E-state index is 0.0366. The van der Waals surface area contributed by atoms with Gasteiger partial charge in [-0.2, -0.15) is 15.0 Å². The lowest BCUT2D eigenvalue weighted by atomic mass is 9.96. The number of nitro benzene ring substituents is 1. The van der Waals surface area contributed by atoms with Crippen molar-refractivity contribution in [3.8, 4) is 11.3 Å². The highest BCUT2D eigenvalue weighted by atomic mass is 32.2. The number of β-lactam (4-membered cyclic amide) rings is 1. The van der Waals surface area contributed by atoms with E-state index in [0.717, 1.165) is 11.3 Å². The van der Waals surface area contributed by atoms with Gasteiger partial charge in [0.1, 0.15) is 18.3 Å². The molecule has 10 nitrogen and oxygen atoms in total. The third-order valence-electron chi connectivity index (χ3n) is 6.02. The highest BCUT2D eigenvalue weighted by Crippen LogP contribution is 2.52. The second-order valence-electron chi connectivity index (χ2n) is 8.45. The lowest BCUT2D eigenvalue weighted by molar-refractivity contribution is -0.384. The summed E-state index contributed by atoms with van der Waals surface area (Å²) in [6, 6.07) is 14.7. The molecule has 2 aromatic carbocycles. The normalized spacial score (nSPS) is 23.3. The number of non-ortho nitro benzene ring substituents is 1. The van der Waals surface area contributed by atoms with Gasteiger partial charge in [0.15, 0.2) is 0 Å². The second-order valence-corrected chi connectivity index (χ2v) is 10.2. The Morgan fingerprint density at radius 2 is 1.97 bits per heavy atom. The number of hydrogen-bond acceptors (Lipinski definition) is 8. The molecule has 3 unspecified atom stereocenters. The van der Waals surface area contributed by atoms with Crippen LogP contribution in [-0.2, 0) is 27.5 Å². The van der Waals surface area contributed by atoms with E-state index in [1.807, 2.05) is 37.3 Å². The topological polar surface area (TPSA) is 120 Å². The van der Waals surface area contributed by atoms with Gasteiger partial charge in [0.2, 0.25) is 5.91 Å². The molecule has 0 spiro atoms. The molecule has 34 heavy (non-hydrogen) atoms. The molecule has 0 N–H and O–H groups in total. The number of nitrogens with zero attached hydrogens (tertiary/aromatic N) is 5. The van der Waals surface area contributed by atoms with E-state index in [4.69, 9.17) is 4.74 Å². The van der Waals surface area contributed by atoms with Crippen molar-refractivity contribution in [3.63, 3.8) is 0 Å². The zero-order valence-electron chi connectivity index (χ0n) is 18.2. The SMILES string of the molecule is CC1(Cn2ncc(-c3ccccc3)n2)SC2CC(=O)N2C1C(=O)OCc1ccc([N+](=O)[O-])cc1. The molecule has 0 aliphatic carbocycles. The van der Waals surface area contributed by atoms with E-state index < -0.39 is 21.7 Å². The summed E-state index contributed by atoms with van der Waals surface area (Å²) in [7, 11) is 0. The number of carbonyl (C=O) groups is 2. The summed E-state index contributed by atoms with van der Waals surface area (Å²) in [5.41, 5.74) is 2.25. The molecule has 5 rings (SSSR count). The number of hydrogen-bond donors (Lipinski definition) is 0. The molecular weight excluding hydrogens is 458 g/mol. The van der Waals surface area contributed by atoms with E-state index in [1.165, 1.54) is 12.1 Å². The Morgan fingerprint density at radius 1 is 1.24 bits per heavy atom. The van der Waals surface area contributed by atoms with Gasteiger partial charge in [-0.1, -0.05) is 30.3 Å². The van der Waals surface area contributed by atoms with Crippen LogP contribution >= 0.6 is 11.8 Å². The number of carbonyl (C=O) groups excluding carboxylic acids is 2. The van der Waals surface area contributed by atoms with Crippen LogP contribution in [0.3, 0.4) is 0 Å². The van der Waals surface area contributed by atoms with Gasteiger partial charge in [-0.05, 0) is 24.6 Å². The van der Waals surface area contributed by atoms with Crippen LogP contribution in [0.5, 0.6) is 0 Å². The van der Waals surface area contributed by atoms with Crippen LogP contribution in [0.25, 0.3) is 11.3 Å². The fourth-order valence-electron chi connectivity index (χ4n) is 4.31. The van der Waals surface area contributed by atoms with E-state index in [0.29, 0.717) is 18.5 Å². The van der Waals surface area contributed by atoms with Crippen LogP contribution < -0.4 is 0 Å². The van der Waals surface area contributed by atoms with Gasteiger partial charge in [-0.25, -0.2) is 4.79 Å². The maximum atomic E-state index is 13.2. The third kappa shape index (κ3) is 4.03. The lowest BCUT2D eigenvalue weighted by Crippen LogP contribution is -2.58. The summed E-state index contributed by atoms with van der Waals surface area (Å²) in [4.78, 5) is 39.0. The highest BCUT2D eigenvalue weighted by molar-refractivity contribution is 8.01. The Balaban J connectivity index is 1.32.